The number of aromatic nitrogens is 2. The first-order chi connectivity index (χ1) is 14.0. The van der Waals surface area contributed by atoms with Crippen molar-refractivity contribution in [1.82, 2.24) is 9.97 Å². The van der Waals surface area contributed by atoms with E-state index in [1.165, 1.54) is 11.3 Å². The molecule has 7 heteroatoms. The molecule has 0 saturated carbocycles. The summed E-state index contributed by atoms with van der Waals surface area (Å²) in [5.41, 5.74) is 3.34. The number of fused-ring (bicyclic) bond motifs is 1. The minimum Gasteiger partial charge on any atom is -0.298 e. The van der Waals surface area contributed by atoms with Crippen molar-refractivity contribution in [3.63, 3.8) is 0 Å². The zero-order valence-electron chi connectivity index (χ0n) is 15.6. The van der Waals surface area contributed by atoms with Crippen LogP contribution in [0.4, 0.5) is 5.13 Å². The first-order valence-electron chi connectivity index (χ1n) is 9.12. The highest BCUT2D eigenvalue weighted by molar-refractivity contribution is 7.15. The molecule has 0 spiro atoms. The third-order valence-corrected chi connectivity index (χ3v) is 6.16. The zero-order valence-corrected chi connectivity index (χ0v) is 17.9. The Morgan fingerprint density at radius 3 is 2.72 bits per heavy atom. The molecule has 0 radical (unpaired) electrons. The van der Waals surface area contributed by atoms with Crippen molar-refractivity contribution in [1.29, 1.82) is 0 Å². The SMILES string of the molecule is CCc1cc(C(=O)Nc2ncc(Cc3ccc(Cl)c(Cl)c3)s2)c2ccccc2n1. The van der Waals surface area contributed by atoms with Crippen LogP contribution >= 0.6 is 34.5 Å². The number of carbonyl (C=O) groups excluding carboxylic acids is 1. The van der Waals surface area contributed by atoms with Crippen LogP contribution in [-0.4, -0.2) is 15.9 Å². The van der Waals surface area contributed by atoms with Crippen molar-refractivity contribution in [2.45, 2.75) is 19.8 Å². The number of carbonyl (C=O) groups is 1. The molecule has 4 nitrogen and oxygen atoms in total. The Morgan fingerprint density at radius 2 is 1.93 bits per heavy atom. The van der Waals surface area contributed by atoms with Gasteiger partial charge in [-0.2, -0.15) is 0 Å². The lowest BCUT2D eigenvalue weighted by atomic mass is 10.1. The van der Waals surface area contributed by atoms with Crippen molar-refractivity contribution >= 4 is 56.5 Å². The third-order valence-electron chi connectivity index (χ3n) is 4.51. The van der Waals surface area contributed by atoms with Gasteiger partial charge in [0.15, 0.2) is 5.13 Å². The van der Waals surface area contributed by atoms with E-state index in [4.69, 9.17) is 23.2 Å². The number of anilines is 1. The largest absolute Gasteiger partial charge is 0.298 e. The second kappa shape index (κ2) is 8.49. The molecule has 29 heavy (non-hydrogen) atoms. The standard InChI is InChI=1S/C22H17Cl2N3OS/c1-2-14-11-17(16-5-3-4-6-20(16)26-14)21(28)27-22-25-12-15(29-22)9-13-7-8-18(23)19(24)10-13/h3-8,10-12H,2,9H2,1H3,(H,25,27,28). The maximum Gasteiger partial charge on any atom is 0.258 e. The van der Waals surface area contributed by atoms with Crippen molar-refractivity contribution in [2.24, 2.45) is 0 Å². The summed E-state index contributed by atoms with van der Waals surface area (Å²) < 4.78 is 0. The van der Waals surface area contributed by atoms with Gasteiger partial charge in [-0.3, -0.25) is 15.1 Å². The molecular weight excluding hydrogens is 425 g/mol. The molecule has 2 aromatic heterocycles. The van der Waals surface area contributed by atoms with Crippen LogP contribution in [0.3, 0.4) is 0 Å². The Bertz CT molecular complexity index is 1210. The molecular formula is C22H17Cl2N3OS. The van der Waals surface area contributed by atoms with Gasteiger partial charge in [0.05, 0.1) is 21.1 Å². The molecule has 0 bridgehead atoms. The number of benzene rings is 2. The fraction of sp³-hybridized carbons (Fsp3) is 0.136. The van der Waals surface area contributed by atoms with Crippen molar-refractivity contribution in [2.75, 3.05) is 5.32 Å². The average Bonchev–Trinajstić information content (AvgIpc) is 3.16. The van der Waals surface area contributed by atoms with Crippen LogP contribution in [0.5, 0.6) is 0 Å². The number of hydrogen-bond donors (Lipinski definition) is 1. The minimum absolute atomic E-state index is 0.186. The summed E-state index contributed by atoms with van der Waals surface area (Å²) >= 11 is 13.5. The number of rotatable bonds is 5. The normalized spacial score (nSPS) is 11.0. The van der Waals surface area contributed by atoms with Crippen LogP contribution in [0, 0.1) is 0 Å². The fourth-order valence-corrected chi connectivity index (χ4v) is 4.22. The van der Waals surface area contributed by atoms with Crippen LogP contribution < -0.4 is 5.32 Å². The third kappa shape index (κ3) is 4.42. The van der Waals surface area contributed by atoms with Crippen LogP contribution in [-0.2, 0) is 12.8 Å². The maximum absolute atomic E-state index is 12.9. The van der Waals surface area contributed by atoms with Gasteiger partial charge in [0.25, 0.3) is 5.91 Å². The predicted molar refractivity (Wildman–Crippen MR) is 120 cm³/mol. The highest BCUT2D eigenvalue weighted by atomic mass is 35.5. The molecule has 0 saturated heterocycles. The summed E-state index contributed by atoms with van der Waals surface area (Å²) in [6, 6.07) is 15.1. The van der Waals surface area contributed by atoms with Crippen molar-refractivity contribution < 1.29 is 4.79 Å². The molecule has 0 unspecified atom stereocenters. The number of amides is 1. The fourth-order valence-electron chi connectivity index (χ4n) is 3.06. The minimum atomic E-state index is -0.186. The number of nitrogens with one attached hydrogen (secondary N) is 1. The predicted octanol–water partition coefficient (Wildman–Crippen LogP) is 6.40. The molecule has 1 amide bonds. The van der Waals surface area contributed by atoms with Gasteiger partial charge >= 0.3 is 0 Å². The number of aryl methyl sites for hydroxylation is 1. The molecule has 0 aliphatic heterocycles. The summed E-state index contributed by atoms with van der Waals surface area (Å²) in [6.07, 6.45) is 3.20. The van der Waals surface area contributed by atoms with Gasteiger partial charge in [0.1, 0.15) is 0 Å². The van der Waals surface area contributed by atoms with Gasteiger partial charge in [0.2, 0.25) is 0 Å². The summed E-state index contributed by atoms with van der Waals surface area (Å²) in [5.74, 6) is -0.186. The Kier molecular flexibility index (Phi) is 5.81. The van der Waals surface area contributed by atoms with Gasteiger partial charge in [-0.15, -0.1) is 11.3 Å². The number of nitrogens with zero attached hydrogens (tertiary/aromatic N) is 2. The molecule has 0 aliphatic carbocycles. The molecule has 0 aliphatic rings. The van der Waals surface area contributed by atoms with E-state index in [1.54, 1.807) is 12.3 Å². The topological polar surface area (TPSA) is 54.9 Å². The second-order valence-electron chi connectivity index (χ2n) is 6.54. The van der Waals surface area contributed by atoms with E-state index in [0.29, 0.717) is 27.2 Å². The summed E-state index contributed by atoms with van der Waals surface area (Å²) in [6.45, 7) is 2.02. The van der Waals surface area contributed by atoms with Crippen LogP contribution in [0.25, 0.3) is 10.9 Å². The second-order valence-corrected chi connectivity index (χ2v) is 8.47. The van der Waals surface area contributed by atoms with Crippen LogP contribution in [0.1, 0.15) is 33.4 Å². The first-order valence-corrected chi connectivity index (χ1v) is 10.7. The van der Waals surface area contributed by atoms with Gasteiger partial charge in [-0.05, 0) is 36.2 Å². The molecule has 0 fully saturated rings. The van der Waals surface area contributed by atoms with E-state index in [0.717, 1.165) is 33.5 Å². The number of pyridine rings is 1. The van der Waals surface area contributed by atoms with E-state index in [9.17, 15) is 4.79 Å². The zero-order chi connectivity index (χ0) is 20.4. The van der Waals surface area contributed by atoms with Crippen molar-refractivity contribution in [3.8, 4) is 0 Å². The van der Waals surface area contributed by atoms with Crippen LogP contribution in [0.2, 0.25) is 10.0 Å². The average molecular weight is 442 g/mol. The highest BCUT2D eigenvalue weighted by Crippen LogP contribution is 2.27. The van der Waals surface area contributed by atoms with Gasteiger partial charge in [-0.25, -0.2) is 4.98 Å². The van der Waals surface area contributed by atoms with E-state index in [2.05, 4.69) is 15.3 Å². The number of halogens is 2. The quantitative estimate of drug-likeness (QED) is 0.389. The molecule has 2 heterocycles. The molecule has 0 atom stereocenters. The summed E-state index contributed by atoms with van der Waals surface area (Å²) in [4.78, 5) is 22.9. The van der Waals surface area contributed by atoms with Crippen LogP contribution in [0.15, 0.2) is 54.7 Å². The molecule has 2 aromatic carbocycles. The lowest BCUT2D eigenvalue weighted by Crippen LogP contribution is -2.13. The smallest absolute Gasteiger partial charge is 0.258 e. The number of thiazole rings is 1. The monoisotopic (exact) mass is 441 g/mol. The maximum atomic E-state index is 12.9. The van der Waals surface area contributed by atoms with Gasteiger partial charge in [0, 0.05) is 28.6 Å². The van der Waals surface area contributed by atoms with E-state index in [-0.39, 0.29) is 5.91 Å². The van der Waals surface area contributed by atoms with Gasteiger partial charge in [-0.1, -0.05) is 54.4 Å². The van der Waals surface area contributed by atoms with Crippen molar-refractivity contribution in [3.05, 3.63) is 86.5 Å². The molecule has 146 valence electrons. The van der Waals surface area contributed by atoms with Gasteiger partial charge < -0.3 is 0 Å². The molecule has 1 N–H and O–H groups in total. The Morgan fingerprint density at radius 1 is 1.10 bits per heavy atom. The number of hydrogen-bond acceptors (Lipinski definition) is 4. The van der Waals surface area contributed by atoms with E-state index in [1.807, 2.05) is 49.4 Å². The lowest BCUT2D eigenvalue weighted by molar-refractivity contribution is 0.102. The van der Waals surface area contributed by atoms with E-state index < -0.39 is 0 Å². The first kappa shape index (κ1) is 19.8. The number of para-hydroxylation sites is 1. The summed E-state index contributed by atoms with van der Waals surface area (Å²) in [7, 11) is 0. The lowest BCUT2D eigenvalue weighted by Gasteiger charge is -2.08. The van der Waals surface area contributed by atoms with E-state index >= 15 is 0 Å². The Balaban J connectivity index is 1.55. The Hall–Kier alpha value is -2.47. The molecule has 4 aromatic rings. The highest BCUT2D eigenvalue weighted by Gasteiger charge is 2.14. The summed E-state index contributed by atoms with van der Waals surface area (Å²) in [5, 5.41) is 5.37. The Labute approximate surface area is 182 Å². The molecule has 4 rings (SSSR count).